The SMILES string of the molecule is COC(CN1C[C@@H]2CNCCN2C1=O)C(=O)O. The van der Waals surface area contributed by atoms with E-state index in [4.69, 9.17) is 9.84 Å². The van der Waals surface area contributed by atoms with Crippen molar-refractivity contribution in [1.29, 1.82) is 0 Å². The average molecular weight is 243 g/mol. The van der Waals surface area contributed by atoms with Crippen LogP contribution in [0.5, 0.6) is 0 Å². The van der Waals surface area contributed by atoms with E-state index in [1.54, 1.807) is 9.80 Å². The number of methoxy groups -OCH3 is 1. The van der Waals surface area contributed by atoms with E-state index in [1.165, 1.54) is 7.11 Å². The second-order valence-corrected chi connectivity index (χ2v) is 4.30. The summed E-state index contributed by atoms with van der Waals surface area (Å²) >= 11 is 0. The Balaban J connectivity index is 1.98. The number of hydrogen-bond acceptors (Lipinski definition) is 4. The third-order valence-electron chi connectivity index (χ3n) is 3.24. The number of carbonyl (C=O) groups is 2. The summed E-state index contributed by atoms with van der Waals surface area (Å²) in [6, 6.07) is 0.0716. The van der Waals surface area contributed by atoms with Crippen molar-refractivity contribution in [2.24, 2.45) is 0 Å². The van der Waals surface area contributed by atoms with Crippen LogP contribution >= 0.6 is 0 Å². The maximum Gasteiger partial charge on any atom is 0.334 e. The number of carbonyl (C=O) groups excluding carboxylic acids is 1. The van der Waals surface area contributed by atoms with Crippen LogP contribution in [0.25, 0.3) is 0 Å². The molecule has 0 saturated carbocycles. The number of carboxylic acids is 1. The van der Waals surface area contributed by atoms with Crippen molar-refractivity contribution < 1.29 is 19.4 Å². The maximum absolute atomic E-state index is 12.0. The number of hydrogen-bond donors (Lipinski definition) is 2. The highest BCUT2D eigenvalue weighted by molar-refractivity contribution is 5.79. The molecule has 17 heavy (non-hydrogen) atoms. The lowest BCUT2D eigenvalue weighted by molar-refractivity contribution is -0.149. The number of carboxylic acid groups (broad SMARTS) is 1. The Bertz CT molecular complexity index is 323. The molecule has 0 aromatic heterocycles. The second-order valence-electron chi connectivity index (χ2n) is 4.30. The van der Waals surface area contributed by atoms with Crippen molar-refractivity contribution in [3.05, 3.63) is 0 Å². The van der Waals surface area contributed by atoms with E-state index in [0.29, 0.717) is 13.1 Å². The molecule has 2 aliphatic rings. The highest BCUT2D eigenvalue weighted by Gasteiger charge is 2.39. The Morgan fingerprint density at radius 3 is 3.06 bits per heavy atom. The van der Waals surface area contributed by atoms with E-state index >= 15 is 0 Å². The van der Waals surface area contributed by atoms with Gasteiger partial charge in [-0.05, 0) is 0 Å². The van der Waals surface area contributed by atoms with Gasteiger partial charge in [0, 0.05) is 33.3 Å². The minimum absolute atomic E-state index is 0.0835. The van der Waals surface area contributed by atoms with Crippen LogP contribution in [-0.2, 0) is 9.53 Å². The molecule has 7 nitrogen and oxygen atoms in total. The highest BCUT2D eigenvalue weighted by Crippen LogP contribution is 2.17. The standard InChI is InChI=1S/C10H17N3O4/c1-17-8(9(14)15)6-12-5-7-4-11-2-3-13(7)10(12)16/h7-8,11H,2-6H2,1H3,(H,14,15)/t7-,8?/m0/s1. The van der Waals surface area contributed by atoms with Crippen LogP contribution < -0.4 is 5.32 Å². The molecule has 2 fully saturated rings. The fraction of sp³-hybridized carbons (Fsp3) is 0.800. The molecule has 7 heteroatoms. The van der Waals surface area contributed by atoms with Crippen molar-refractivity contribution >= 4 is 12.0 Å². The number of fused-ring (bicyclic) bond motifs is 1. The molecule has 0 radical (unpaired) electrons. The number of ether oxygens (including phenoxy) is 1. The first kappa shape index (κ1) is 12.1. The summed E-state index contributed by atoms with van der Waals surface area (Å²) in [5.41, 5.74) is 0. The lowest BCUT2D eigenvalue weighted by atomic mass is 10.2. The van der Waals surface area contributed by atoms with Crippen LogP contribution in [0.4, 0.5) is 4.79 Å². The summed E-state index contributed by atoms with van der Waals surface area (Å²) in [5.74, 6) is -1.04. The second kappa shape index (κ2) is 4.89. The molecule has 0 bridgehead atoms. The number of nitrogens with one attached hydrogen (secondary N) is 1. The summed E-state index contributed by atoms with van der Waals surface area (Å²) in [4.78, 5) is 26.2. The number of aliphatic carboxylic acids is 1. The van der Waals surface area contributed by atoms with Crippen molar-refractivity contribution in [1.82, 2.24) is 15.1 Å². The minimum Gasteiger partial charge on any atom is -0.479 e. The van der Waals surface area contributed by atoms with Gasteiger partial charge in [0.1, 0.15) is 0 Å². The molecule has 96 valence electrons. The van der Waals surface area contributed by atoms with Crippen molar-refractivity contribution in [3.8, 4) is 0 Å². The first-order valence-electron chi connectivity index (χ1n) is 5.65. The van der Waals surface area contributed by atoms with Crippen LogP contribution in [-0.4, -0.2) is 78.9 Å². The molecule has 1 unspecified atom stereocenters. The van der Waals surface area contributed by atoms with Gasteiger partial charge in [0.15, 0.2) is 6.10 Å². The van der Waals surface area contributed by atoms with Crippen molar-refractivity contribution in [3.63, 3.8) is 0 Å². The Morgan fingerprint density at radius 2 is 2.47 bits per heavy atom. The van der Waals surface area contributed by atoms with Gasteiger partial charge in [-0.3, -0.25) is 0 Å². The van der Waals surface area contributed by atoms with E-state index in [0.717, 1.165) is 13.1 Å². The zero-order valence-corrected chi connectivity index (χ0v) is 9.76. The molecule has 2 amide bonds. The normalized spacial score (nSPS) is 25.9. The van der Waals surface area contributed by atoms with Crippen LogP contribution in [0.1, 0.15) is 0 Å². The summed E-state index contributed by atoms with van der Waals surface area (Å²) in [6.45, 7) is 2.93. The molecule has 2 saturated heterocycles. The fourth-order valence-electron chi connectivity index (χ4n) is 2.30. The fourth-order valence-corrected chi connectivity index (χ4v) is 2.30. The van der Waals surface area contributed by atoms with Gasteiger partial charge in [-0.2, -0.15) is 0 Å². The molecule has 2 heterocycles. The summed E-state index contributed by atoms with van der Waals surface area (Å²) < 4.78 is 4.85. The Hall–Kier alpha value is -1.34. The smallest absolute Gasteiger partial charge is 0.334 e. The molecular weight excluding hydrogens is 226 g/mol. The van der Waals surface area contributed by atoms with Crippen LogP contribution in [0.15, 0.2) is 0 Å². The topological polar surface area (TPSA) is 82.1 Å². The predicted molar refractivity (Wildman–Crippen MR) is 58.8 cm³/mol. The van der Waals surface area contributed by atoms with E-state index in [1.807, 2.05) is 0 Å². The predicted octanol–water partition coefficient (Wildman–Crippen LogP) is -1.20. The van der Waals surface area contributed by atoms with Crippen LogP contribution in [0.2, 0.25) is 0 Å². The molecular formula is C10H17N3O4. The lowest BCUT2D eigenvalue weighted by Gasteiger charge is -2.28. The number of nitrogens with zero attached hydrogens (tertiary/aromatic N) is 2. The summed E-state index contributed by atoms with van der Waals surface area (Å²) in [7, 11) is 1.34. The van der Waals surface area contributed by atoms with E-state index in [2.05, 4.69) is 5.32 Å². The van der Waals surface area contributed by atoms with E-state index < -0.39 is 12.1 Å². The first-order chi connectivity index (χ1) is 8.13. The van der Waals surface area contributed by atoms with Gasteiger partial charge in [0.2, 0.25) is 0 Å². The Labute approximate surface area is 99.3 Å². The van der Waals surface area contributed by atoms with Gasteiger partial charge in [-0.1, -0.05) is 0 Å². The van der Waals surface area contributed by atoms with Gasteiger partial charge in [-0.25, -0.2) is 9.59 Å². The zero-order valence-electron chi connectivity index (χ0n) is 9.76. The molecule has 0 aliphatic carbocycles. The largest absolute Gasteiger partial charge is 0.479 e. The monoisotopic (exact) mass is 243 g/mol. The summed E-state index contributed by atoms with van der Waals surface area (Å²) in [6.07, 6.45) is -0.951. The highest BCUT2D eigenvalue weighted by atomic mass is 16.5. The molecule has 2 atom stereocenters. The molecule has 2 aliphatic heterocycles. The number of urea groups is 1. The van der Waals surface area contributed by atoms with Crippen molar-refractivity contribution in [2.75, 3.05) is 39.8 Å². The lowest BCUT2D eigenvalue weighted by Crippen LogP contribution is -2.50. The van der Waals surface area contributed by atoms with Crippen LogP contribution in [0.3, 0.4) is 0 Å². The number of piperazine rings is 1. The van der Waals surface area contributed by atoms with Crippen LogP contribution in [0, 0.1) is 0 Å². The van der Waals surface area contributed by atoms with Crippen molar-refractivity contribution in [2.45, 2.75) is 12.1 Å². The van der Waals surface area contributed by atoms with Gasteiger partial charge in [0.25, 0.3) is 0 Å². The van der Waals surface area contributed by atoms with E-state index in [-0.39, 0.29) is 18.6 Å². The average Bonchev–Trinajstić information content (AvgIpc) is 2.63. The molecule has 0 spiro atoms. The van der Waals surface area contributed by atoms with Gasteiger partial charge < -0.3 is 25.0 Å². The number of rotatable bonds is 4. The van der Waals surface area contributed by atoms with Gasteiger partial charge in [-0.15, -0.1) is 0 Å². The number of amides is 2. The zero-order chi connectivity index (χ0) is 12.4. The Morgan fingerprint density at radius 1 is 1.71 bits per heavy atom. The quantitative estimate of drug-likeness (QED) is 0.648. The first-order valence-corrected chi connectivity index (χ1v) is 5.65. The summed E-state index contributed by atoms with van der Waals surface area (Å²) in [5, 5.41) is 12.1. The van der Waals surface area contributed by atoms with E-state index in [9.17, 15) is 9.59 Å². The maximum atomic E-state index is 12.0. The van der Waals surface area contributed by atoms with Gasteiger partial charge in [0.05, 0.1) is 12.6 Å². The third-order valence-corrected chi connectivity index (χ3v) is 3.24. The molecule has 2 rings (SSSR count). The molecule has 0 aromatic rings. The molecule has 2 N–H and O–H groups in total. The third kappa shape index (κ3) is 2.34. The van der Waals surface area contributed by atoms with Gasteiger partial charge >= 0.3 is 12.0 Å². The minimum atomic E-state index is -1.04. The molecule has 0 aromatic carbocycles. The Kier molecular flexibility index (Phi) is 3.49.